The van der Waals surface area contributed by atoms with Crippen molar-refractivity contribution in [3.8, 4) is 0 Å². The molecule has 1 aromatic carbocycles. The monoisotopic (exact) mass is 370 g/mol. The van der Waals surface area contributed by atoms with Crippen LogP contribution in [0.5, 0.6) is 0 Å². The number of hydrogen-bond donors (Lipinski definition) is 1. The van der Waals surface area contributed by atoms with Gasteiger partial charge in [-0.3, -0.25) is 14.2 Å². The van der Waals surface area contributed by atoms with E-state index in [-0.39, 0.29) is 5.91 Å². The summed E-state index contributed by atoms with van der Waals surface area (Å²) < 4.78 is 2.32. The minimum atomic E-state index is -0.425. The first-order valence-corrected chi connectivity index (χ1v) is 8.89. The molecule has 0 bridgehead atoms. The van der Waals surface area contributed by atoms with E-state index >= 15 is 0 Å². The molecule has 1 heterocycles. The molecule has 144 valence electrons. The molecule has 7 nitrogen and oxygen atoms in total. The summed E-state index contributed by atoms with van der Waals surface area (Å²) in [6.07, 6.45) is 5.99. The molecule has 0 atom stereocenters. The van der Waals surface area contributed by atoms with Crippen LogP contribution in [0.1, 0.15) is 18.4 Å². The average molecular weight is 370 g/mol. The quantitative estimate of drug-likeness (QED) is 0.558. The van der Waals surface area contributed by atoms with Crippen LogP contribution in [0.3, 0.4) is 0 Å². The fourth-order valence-electron chi connectivity index (χ4n) is 2.67. The molecule has 1 aromatic heterocycles. The lowest BCUT2D eigenvalue weighted by molar-refractivity contribution is -0.116. The van der Waals surface area contributed by atoms with Crippen LogP contribution in [0, 0.1) is 0 Å². The van der Waals surface area contributed by atoms with Gasteiger partial charge in [0.1, 0.15) is 0 Å². The summed E-state index contributed by atoms with van der Waals surface area (Å²) in [7, 11) is 5.02. The van der Waals surface area contributed by atoms with Gasteiger partial charge in [0, 0.05) is 52.2 Å². The van der Waals surface area contributed by atoms with E-state index in [1.54, 1.807) is 7.05 Å². The van der Waals surface area contributed by atoms with Crippen LogP contribution in [-0.4, -0.2) is 35.2 Å². The van der Waals surface area contributed by atoms with E-state index in [9.17, 15) is 14.4 Å². The van der Waals surface area contributed by atoms with E-state index in [2.05, 4.69) is 22.3 Å². The fourth-order valence-corrected chi connectivity index (χ4v) is 2.67. The normalized spacial score (nSPS) is 10.9. The van der Waals surface area contributed by atoms with Gasteiger partial charge in [-0.2, -0.15) is 0 Å². The van der Waals surface area contributed by atoms with E-state index in [0.29, 0.717) is 12.1 Å². The van der Waals surface area contributed by atoms with Crippen molar-refractivity contribution in [2.75, 3.05) is 25.0 Å². The van der Waals surface area contributed by atoms with Crippen molar-refractivity contribution in [1.82, 2.24) is 14.5 Å². The van der Waals surface area contributed by atoms with Crippen LogP contribution in [0.15, 0.2) is 52.2 Å². The largest absolute Gasteiger partial charge is 0.375 e. The van der Waals surface area contributed by atoms with Gasteiger partial charge in [0.2, 0.25) is 5.91 Å². The molecule has 0 radical (unpaired) electrons. The number of rotatable bonds is 8. The highest BCUT2D eigenvalue weighted by Gasteiger charge is 2.05. The lowest BCUT2D eigenvalue weighted by Gasteiger charge is -2.18. The van der Waals surface area contributed by atoms with Gasteiger partial charge in [-0.1, -0.05) is 18.2 Å². The second kappa shape index (κ2) is 9.56. The Bertz CT molecular complexity index is 913. The maximum absolute atomic E-state index is 12.0. The summed E-state index contributed by atoms with van der Waals surface area (Å²) in [6.45, 7) is 1.47. The number of aromatic nitrogens is 2. The predicted molar refractivity (Wildman–Crippen MR) is 108 cm³/mol. The molecule has 0 aliphatic carbocycles. The molecule has 0 fully saturated rings. The third-order valence-electron chi connectivity index (χ3n) is 4.30. The van der Waals surface area contributed by atoms with Crippen molar-refractivity contribution in [2.45, 2.75) is 12.8 Å². The van der Waals surface area contributed by atoms with Crippen LogP contribution in [0.25, 0.3) is 6.08 Å². The maximum Gasteiger partial charge on any atom is 0.330 e. The number of benzene rings is 1. The minimum absolute atomic E-state index is 0.262. The second-order valence-electron chi connectivity index (χ2n) is 6.43. The topological polar surface area (TPSA) is 76.3 Å². The highest BCUT2D eigenvalue weighted by atomic mass is 16.2. The molecule has 0 saturated carbocycles. The Hall–Kier alpha value is -3.09. The summed E-state index contributed by atoms with van der Waals surface area (Å²) >= 11 is 0. The molecule has 0 aliphatic heterocycles. The molecule has 0 aliphatic rings. The van der Waals surface area contributed by atoms with Crippen molar-refractivity contribution < 1.29 is 4.79 Å². The fraction of sp³-hybridized carbons (Fsp3) is 0.350. The van der Waals surface area contributed by atoms with Crippen LogP contribution in [0.4, 0.5) is 5.69 Å². The van der Waals surface area contributed by atoms with Crippen molar-refractivity contribution >= 4 is 17.7 Å². The lowest BCUT2D eigenvalue weighted by atomic mass is 10.2. The van der Waals surface area contributed by atoms with Gasteiger partial charge in [0.05, 0.1) is 5.56 Å². The Kier molecular flexibility index (Phi) is 7.16. The zero-order valence-corrected chi connectivity index (χ0v) is 16.0. The minimum Gasteiger partial charge on any atom is -0.375 e. The number of unbranched alkanes of at least 4 members (excludes halogenated alkanes) is 1. The van der Waals surface area contributed by atoms with E-state index in [4.69, 9.17) is 0 Å². The average Bonchev–Trinajstić information content (AvgIpc) is 2.68. The summed E-state index contributed by atoms with van der Waals surface area (Å²) in [5.41, 5.74) is 0.635. The van der Waals surface area contributed by atoms with Crippen LogP contribution < -0.4 is 21.5 Å². The maximum atomic E-state index is 12.0. The van der Waals surface area contributed by atoms with E-state index in [1.165, 1.54) is 35.7 Å². The number of aryl methyl sites for hydroxylation is 1. The number of nitrogens with one attached hydrogen (secondary N) is 1. The Balaban J connectivity index is 1.76. The summed E-state index contributed by atoms with van der Waals surface area (Å²) in [5.74, 6) is -0.262. The van der Waals surface area contributed by atoms with Gasteiger partial charge >= 0.3 is 5.69 Å². The molecule has 27 heavy (non-hydrogen) atoms. The van der Waals surface area contributed by atoms with E-state index in [0.717, 1.165) is 24.0 Å². The van der Waals surface area contributed by atoms with Crippen molar-refractivity contribution in [3.05, 3.63) is 69.0 Å². The molecule has 0 saturated heterocycles. The Morgan fingerprint density at radius 2 is 1.85 bits per heavy atom. The Morgan fingerprint density at radius 1 is 1.15 bits per heavy atom. The summed E-state index contributed by atoms with van der Waals surface area (Å²) in [5, 5.41) is 2.80. The van der Waals surface area contributed by atoms with Crippen molar-refractivity contribution in [3.63, 3.8) is 0 Å². The molecule has 7 heteroatoms. The van der Waals surface area contributed by atoms with Gasteiger partial charge in [-0.05, 0) is 31.1 Å². The lowest BCUT2D eigenvalue weighted by Crippen LogP contribution is -2.37. The van der Waals surface area contributed by atoms with Crippen LogP contribution in [-0.2, 0) is 18.9 Å². The molecule has 0 spiro atoms. The van der Waals surface area contributed by atoms with Crippen LogP contribution >= 0.6 is 0 Å². The summed E-state index contributed by atoms with van der Waals surface area (Å²) in [4.78, 5) is 37.7. The molecule has 1 N–H and O–H groups in total. The smallest absolute Gasteiger partial charge is 0.330 e. The Labute approximate surface area is 158 Å². The first kappa shape index (κ1) is 20.2. The highest BCUT2D eigenvalue weighted by molar-refractivity contribution is 5.91. The van der Waals surface area contributed by atoms with Crippen molar-refractivity contribution in [1.29, 1.82) is 0 Å². The standard InChI is InChI=1S/C20H26N4O3/c1-22(17-9-5-4-6-10-17)14-8-7-13-21-18(25)12-11-16-15-23(2)20(27)24(3)19(16)26/h4-6,9-12,15H,7-8,13-14H2,1-3H3,(H,21,25)/b12-11+. The number of para-hydroxylation sites is 1. The van der Waals surface area contributed by atoms with Gasteiger partial charge in [-0.25, -0.2) is 4.79 Å². The second-order valence-corrected chi connectivity index (χ2v) is 6.43. The number of amides is 1. The molecule has 2 aromatic rings. The summed E-state index contributed by atoms with van der Waals surface area (Å²) in [6, 6.07) is 10.1. The van der Waals surface area contributed by atoms with Gasteiger partial charge in [0.15, 0.2) is 0 Å². The molecule has 0 unspecified atom stereocenters. The molecular weight excluding hydrogens is 344 g/mol. The Morgan fingerprint density at radius 3 is 2.56 bits per heavy atom. The van der Waals surface area contributed by atoms with Gasteiger partial charge in [0.25, 0.3) is 5.56 Å². The number of nitrogens with zero attached hydrogens (tertiary/aromatic N) is 3. The number of hydrogen-bond acceptors (Lipinski definition) is 4. The molecule has 2 rings (SSSR count). The predicted octanol–water partition coefficient (Wildman–Crippen LogP) is 1.13. The van der Waals surface area contributed by atoms with Gasteiger partial charge in [-0.15, -0.1) is 0 Å². The van der Waals surface area contributed by atoms with E-state index in [1.807, 2.05) is 25.2 Å². The molecule has 1 amide bonds. The first-order chi connectivity index (χ1) is 12.9. The SMILES string of the molecule is CN(CCCCNC(=O)/C=C/c1cn(C)c(=O)n(C)c1=O)c1ccccc1. The van der Waals surface area contributed by atoms with Crippen LogP contribution in [0.2, 0.25) is 0 Å². The third kappa shape index (κ3) is 5.70. The third-order valence-corrected chi connectivity index (χ3v) is 4.30. The number of carbonyl (C=O) groups excluding carboxylic acids is 1. The van der Waals surface area contributed by atoms with Crippen molar-refractivity contribution in [2.24, 2.45) is 14.1 Å². The molecular formula is C20H26N4O3. The first-order valence-electron chi connectivity index (χ1n) is 8.89. The highest BCUT2D eigenvalue weighted by Crippen LogP contribution is 2.11. The zero-order chi connectivity index (χ0) is 19.8. The zero-order valence-electron chi connectivity index (χ0n) is 16.0. The van der Waals surface area contributed by atoms with E-state index < -0.39 is 11.2 Å². The number of anilines is 1. The van der Waals surface area contributed by atoms with Gasteiger partial charge < -0.3 is 14.8 Å². The number of carbonyl (C=O) groups is 1.